The van der Waals surface area contributed by atoms with Crippen molar-refractivity contribution in [2.75, 3.05) is 13.1 Å². The summed E-state index contributed by atoms with van der Waals surface area (Å²) in [5, 5.41) is 4.67. The number of hydrogen-bond acceptors (Lipinski definition) is 2. The second kappa shape index (κ2) is 8.07. The highest BCUT2D eigenvalue weighted by molar-refractivity contribution is 6.30. The van der Waals surface area contributed by atoms with E-state index in [1.165, 1.54) is 0 Å². The van der Waals surface area contributed by atoms with Gasteiger partial charge in [-0.1, -0.05) is 41.9 Å². The lowest BCUT2D eigenvalue weighted by Crippen LogP contribution is -2.45. The predicted octanol–water partition coefficient (Wildman–Crippen LogP) is 3.99. The molecule has 2 aromatic carbocycles. The van der Waals surface area contributed by atoms with Crippen LogP contribution in [0, 0.1) is 5.92 Å². The van der Waals surface area contributed by atoms with Gasteiger partial charge in [0.1, 0.15) is 5.69 Å². The normalized spacial score (nSPS) is 16.9. The summed E-state index contributed by atoms with van der Waals surface area (Å²) in [5.41, 5.74) is 2.52. The smallest absolute Gasteiger partial charge is 0.270 e. The zero-order valence-electron chi connectivity index (χ0n) is 15.5. The van der Waals surface area contributed by atoms with Crippen molar-refractivity contribution in [3.8, 4) is 0 Å². The topological polar surface area (TPSA) is 65.2 Å². The number of likely N-dealkylation sites (tertiary alicyclic amines) is 1. The largest absolute Gasteiger partial charge is 0.352 e. The third-order valence-electron chi connectivity index (χ3n) is 5.22. The van der Waals surface area contributed by atoms with Gasteiger partial charge in [-0.15, -0.1) is 0 Å². The number of aromatic amines is 1. The van der Waals surface area contributed by atoms with Crippen LogP contribution in [-0.4, -0.2) is 34.8 Å². The summed E-state index contributed by atoms with van der Waals surface area (Å²) in [7, 11) is 0. The molecular formula is C22H22ClN3O2. The quantitative estimate of drug-likeness (QED) is 0.701. The number of nitrogens with zero attached hydrogens (tertiary/aromatic N) is 1. The first-order valence-electron chi connectivity index (χ1n) is 9.49. The number of halogens is 1. The van der Waals surface area contributed by atoms with Gasteiger partial charge in [-0.25, -0.2) is 0 Å². The van der Waals surface area contributed by atoms with Gasteiger partial charge in [-0.05, 0) is 42.7 Å². The summed E-state index contributed by atoms with van der Waals surface area (Å²) < 4.78 is 0. The molecule has 0 aliphatic carbocycles. The molecule has 1 aromatic heterocycles. The van der Waals surface area contributed by atoms with Gasteiger partial charge in [-0.2, -0.15) is 0 Å². The zero-order chi connectivity index (χ0) is 19.5. The van der Waals surface area contributed by atoms with Gasteiger partial charge in [0, 0.05) is 35.6 Å². The predicted molar refractivity (Wildman–Crippen MR) is 110 cm³/mol. The minimum absolute atomic E-state index is 0.0101. The maximum Gasteiger partial charge on any atom is 0.270 e. The Hall–Kier alpha value is -2.79. The lowest BCUT2D eigenvalue weighted by atomic mass is 9.96. The SMILES string of the molecule is O=C(NCc1ccc(Cl)cc1)C1CCCN(C(=O)c2cc3ccccc3[nH]2)C1. The van der Waals surface area contributed by atoms with E-state index in [9.17, 15) is 9.59 Å². The molecular weight excluding hydrogens is 374 g/mol. The average molecular weight is 396 g/mol. The first kappa shape index (κ1) is 18.6. The fourth-order valence-electron chi connectivity index (χ4n) is 3.67. The summed E-state index contributed by atoms with van der Waals surface area (Å²) in [6, 6.07) is 17.1. The van der Waals surface area contributed by atoms with Crippen LogP contribution in [0.25, 0.3) is 10.9 Å². The molecule has 28 heavy (non-hydrogen) atoms. The van der Waals surface area contributed by atoms with Crippen molar-refractivity contribution < 1.29 is 9.59 Å². The number of amides is 2. The number of rotatable bonds is 4. The highest BCUT2D eigenvalue weighted by Gasteiger charge is 2.29. The summed E-state index contributed by atoms with van der Waals surface area (Å²) in [6.07, 6.45) is 1.62. The molecule has 0 spiro atoms. The van der Waals surface area contributed by atoms with E-state index in [0.717, 1.165) is 29.3 Å². The Kier molecular flexibility index (Phi) is 5.35. The van der Waals surface area contributed by atoms with Crippen LogP contribution >= 0.6 is 11.6 Å². The molecule has 6 heteroatoms. The Morgan fingerprint density at radius 1 is 1.14 bits per heavy atom. The Morgan fingerprint density at radius 3 is 2.71 bits per heavy atom. The lowest BCUT2D eigenvalue weighted by molar-refractivity contribution is -0.126. The lowest BCUT2D eigenvalue weighted by Gasteiger charge is -2.31. The fourth-order valence-corrected chi connectivity index (χ4v) is 3.80. The minimum Gasteiger partial charge on any atom is -0.352 e. The monoisotopic (exact) mass is 395 g/mol. The van der Waals surface area contributed by atoms with Crippen molar-refractivity contribution in [3.05, 3.63) is 70.9 Å². The van der Waals surface area contributed by atoms with Crippen LogP contribution in [0.1, 0.15) is 28.9 Å². The number of benzene rings is 2. The van der Waals surface area contributed by atoms with E-state index >= 15 is 0 Å². The number of aromatic nitrogens is 1. The molecule has 1 fully saturated rings. The molecule has 144 valence electrons. The zero-order valence-corrected chi connectivity index (χ0v) is 16.2. The molecule has 0 saturated carbocycles. The number of carbonyl (C=O) groups excluding carboxylic acids is 2. The molecule has 2 amide bonds. The third kappa shape index (κ3) is 4.04. The van der Waals surface area contributed by atoms with Crippen molar-refractivity contribution in [1.82, 2.24) is 15.2 Å². The van der Waals surface area contributed by atoms with Gasteiger partial charge < -0.3 is 15.2 Å². The molecule has 0 bridgehead atoms. The molecule has 1 atom stereocenters. The van der Waals surface area contributed by atoms with E-state index in [1.54, 1.807) is 4.90 Å². The Bertz CT molecular complexity index is 963. The van der Waals surface area contributed by atoms with Crippen molar-refractivity contribution in [2.45, 2.75) is 19.4 Å². The van der Waals surface area contributed by atoms with Crippen molar-refractivity contribution in [2.24, 2.45) is 5.92 Å². The van der Waals surface area contributed by atoms with E-state index in [4.69, 9.17) is 11.6 Å². The molecule has 3 aromatic rings. The molecule has 4 rings (SSSR count). The summed E-state index contributed by atoms with van der Waals surface area (Å²) in [5.74, 6) is -0.245. The number of carbonyl (C=O) groups is 2. The molecule has 1 saturated heterocycles. The van der Waals surface area contributed by atoms with E-state index in [2.05, 4.69) is 10.3 Å². The van der Waals surface area contributed by atoms with E-state index in [1.807, 2.05) is 54.6 Å². The van der Waals surface area contributed by atoms with E-state index < -0.39 is 0 Å². The van der Waals surface area contributed by atoms with Gasteiger partial charge >= 0.3 is 0 Å². The van der Waals surface area contributed by atoms with Crippen molar-refractivity contribution in [3.63, 3.8) is 0 Å². The molecule has 2 heterocycles. The molecule has 5 nitrogen and oxygen atoms in total. The summed E-state index contributed by atoms with van der Waals surface area (Å²) in [4.78, 5) is 30.5. The van der Waals surface area contributed by atoms with E-state index in [-0.39, 0.29) is 17.7 Å². The van der Waals surface area contributed by atoms with Crippen LogP contribution in [0.5, 0.6) is 0 Å². The number of piperidine rings is 1. The van der Waals surface area contributed by atoms with Crippen LogP contribution in [0.15, 0.2) is 54.6 Å². The van der Waals surface area contributed by atoms with Crippen LogP contribution in [0.2, 0.25) is 5.02 Å². The maximum absolute atomic E-state index is 12.9. The van der Waals surface area contributed by atoms with Crippen LogP contribution in [-0.2, 0) is 11.3 Å². The van der Waals surface area contributed by atoms with Crippen molar-refractivity contribution >= 4 is 34.3 Å². The fraction of sp³-hybridized carbons (Fsp3) is 0.273. The number of fused-ring (bicyclic) bond motifs is 1. The van der Waals surface area contributed by atoms with Gasteiger partial charge in [-0.3, -0.25) is 9.59 Å². The standard InChI is InChI=1S/C22H22ClN3O2/c23-18-9-7-15(8-10-18)13-24-21(27)17-5-3-11-26(14-17)22(28)20-12-16-4-1-2-6-19(16)25-20/h1-2,4,6-10,12,17,25H,3,5,11,13-14H2,(H,24,27). The first-order chi connectivity index (χ1) is 13.6. The molecule has 1 aliphatic rings. The second-order valence-electron chi connectivity index (χ2n) is 7.20. The van der Waals surface area contributed by atoms with E-state index in [0.29, 0.717) is 30.4 Å². The third-order valence-corrected chi connectivity index (χ3v) is 5.47. The second-order valence-corrected chi connectivity index (χ2v) is 7.64. The Morgan fingerprint density at radius 2 is 1.93 bits per heavy atom. The number of hydrogen-bond donors (Lipinski definition) is 2. The number of para-hydroxylation sites is 1. The van der Waals surface area contributed by atoms with Crippen LogP contribution in [0.4, 0.5) is 0 Å². The minimum atomic E-state index is -0.186. The number of nitrogens with one attached hydrogen (secondary N) is 2. The summed E-state index contributed by atoms with van der Waals surface area (Å²) in [6.45, 7) is 1.58. The van der Waals surface area contributed by atoms with Gasteiger partial charge in [0.2, 0.25) is 5.91 Å². The molecule has 2 N–H and O–H groups in total. The van der Waals surface area contributed by atoms with Crippen LogP contribution in [0.3, 0.4) is 0 Å². The first-order valence-corrected chi connectivity index (χ1v) is 9.87. The molecule has 1 unspecified atom stereocenters. The summed E-state index contributed by atoms with van der Waals surface area (Å²) >= 11 is 5.89. The highest BCUT2D eigenvalue weighted by Crippen LogP contribution is 2.21. The van der Waals surface area contributed by atoms with Crippen LogP contribution < -0.4 is 5.32 Å². The van der Waals surface area contributed by atoms with Gasteiger partial charge in [0.15, 0.2) is 0 Å². The molecule has 0 radical (unpaired) electrons. The average Bonchev–Trinajstić information content (AvgIpc) is 3.17. The van der Waals surface area contributed by atoms with Gasteiger partial charge in [0.25, 0.3) is 5.91 Å². The maximum atomic E-state index is 12.9. The van der Waals surface area contributed by atoms with Crippen molar-refractivity contribution in [1.29, 1.82) is 0 Å². The Labute approximate surface area is 168 Å². The highest BCUT2D eigenvalue weighted by atomic mass is 35.5. The van der Waals surface area contributed by atoms with Gasteiger partial charge in [0.05, 0.1) is 5.92 Å². The number of H-pyrrole nitrogens is 1. The Balaban J connectivity index is 1.38. The molecule has 1 aliphatic heterocycles.